The zero-order valence-corrected chi connectivity index (χ0v) is 23.8. The Morgan fingerprint density at radius 2 is 1.62 bits per heavy atom. The van der Waals surface area contributed by atoms with Crippen molar-refractivity contribution >= 4 is 29.8 Å². The van der Waals surface area contributed by atoms with Gasteiger partial charge in [-0.25, -0.2) is 9.59 Å². The van der Waals surface area contributed by atoms with E-state index in [4.69, 9.17) is 18.9 Å². The minimum absolute atomic E-state index is 0.00938. The average Bonchev–Trinajstić information content (AvgIpc) is 3.45. The van der Waals surface area contributed by atoms with Gasteiger partial charge in [0.2, 0.25) is 5.91 Å². The van der Waals surface area contributed by atoms with Crippen LogP contribution < -0.4 is 21.3 Å². The van der Waals surface area contributed by atoms with Gasteiger partial charge in [0.05, 0.1) is 51.7 Å². The molecule has 1 aliphatic carbocycles. The minimum Gasteiger partial charge on any atom is -0.446 e. The van der Waals surface area contributed by atoms with Crippen LogP contribution in [-0.2, 0) is 23.7 Å². The van der Waals surface area contributed by atoms with E-state index in [0.717, 1.165) is 57.1 Å². The highest BCUT2D eigenvalue weighted by molar-refractivity contribution is 8.00. The molecule has 3 aliphatic rings. The molecule has 0 aromatic carbocycles. The molecule has 11 nitrogen and oxygen atoms in total. The van der Waals surface area contributed by atoms with Gasteiger partial charge in [-0.05, 0) is 44.9 Å². The van der Waals surface area contributed by atoms with Crippen molar-refractivity contribution in [2.24, 2.45) is 0 Å². The van der Waals surface area contributed by atoms with E-state index in [-0.39, 0.29) is 36.2 Å². The Labute approximate surface area is 236 Å². The molecule has 0 radical (unpaired) electrons. The maximum atomic E-state index is 12.0. The van der Waals surface area contributed by atoms with Gasteiger partial charge >= 0.3 is 12.1 Å². The lowest BCUT2D eigenvalue weighted by Gasteiger charge is -2.18. The van der Waals surface area contributed by atoms with Crippen molar-refractivity contribution in [2.45, 2.75) is 81.2 Å². The molecule has 0 spiro atoms. The highest BCUT2D eigenvalue weighted by atomic mass is 32.2. The lowest BCUT2D eigenvalue weighted by Crippen LogP contribution is -2.36. The molecule has 2 saturated heterocycles. The smallest absolute Gasteiger partial charge is 0.407 e. The van der Waals surface area contributed by atoms with Gasteiger partial charge in [0.15, 0.2) is 0 Å². The first-order valence-electron chi connectivity index (χ1n) is 14.4. The number of hydrogen-bond donors (Lipinski definition) is 4. The Hall–Kier alpha value is -2.02. The number of carbonyl (C=O) groups excluding carboxylic acids is 3. The van der Waals surface area contributed by atoms with Crippen LogP contribution in [0.25, 0.3) is 0 Å². The Balaban J connectivity index is 1.02. The second-order valence-electron chi connectivity index (χ2n) is 9.99. The highest BCUT2D eigenvalue weighted by Crippen LogP contribution is 2.33. The molecule has 39 heavy (non-hydrogen) atoms. The Bertz CT molecular complexity index is 772. The topological polar surface area (TPSA) is 136 Å². The quantitative estimate of drug-likeness (QED) is 0.112. The van der Waals surface area contributed by atoms with Crippen molar-refractivity contribution in [1.29, 1.82) is 0 Å². The van der Waals surface area contributed by atoms with Crippen molar-refractivity contribution in [3.05, 3.63) is 12.2 Å². The molecule has 0 saturated carbocycles. The first-order chi connectivity index (χ1) is 19.1. The molecule has 0 bridgehead atoms. The largest absolute Gasteiger partial charge is 0.446 e. The van der Waals surface area contributed by atoms with E-state index in [0.29, 0.717) is 64.4 Å². The van der Waals surface area contributed by atoms with Gasteiger partial charge in [-0.15, -0.1) is 0 Å². The maximum absolute atomic E-state index is 12.0. The van der Waals surface area contributed by atoms with Gasteiger partial charge < -0.3 is 40.2 Å². The molecule has 2 fully saturated rings. The maximum Gasteiger partial charge on any atom is 0.407 e. The Morgan fingerprint density at radius 3 is 2.41 bits per heavy atom. The second kappa shape index (κ2) is 19.1. The first-order valence-corrected chi connectivity index (χ1v) is 15.4. The molecule has 4 amide bonds. The van der Waals surface area contributed by atoms with E-state index in [1.807, 2.05) is 11.8 Å². The first kappa shape index (κ1) is 31.5. The van der Waals surface area contributed by atoms with Gasteiger partial charge in [-0.3, -0.25) is 4.79 Å². The number of nitrogens with one attached hydrogen (secondary N) is 4. The molecule has 12 heteroatoms. The molecular weight excluding hydrogens is 524 g/mol. The summed E-state index contributed by atoms with van der Waals surface area (Å²) in [5.74, 6) is 1.00. The van der Waals surface area contributed by atoms with Gasteiger partial charge in [-0.1, -0.05) is 18.6 Å². The van der Waals surface area contributed by atoms with E-state index in [1.54, 1.807) is 0 Å². The molecule has 0 aromatic rings. The third-order valence-corrected chi connectivity index (χ3v) is 8.41. The van der Waals surface area contributed by atoms with Crippen LogP contribution in [0, 0.1) is 0 Å². The summed E-state index contributed by atoms with van der Waals surface area (Å²) in [5, 5.41) is 12.0. The average molecular weight is 571 g/mol. The predicted molar refractivity (Wildman–Crippen MR) is 150 cm³/mol. The van der Waals surface area contributed by atoms with Crippen molar-refractivity contribution < 1.29 is 33.3 Å². The monoisotopic (exact) mass is 570 g/mol. The van der Waals surface area contributed by atoms with E-state index < -0.39 is 0 Å². The Morgan fingerprint density at radius 1 is 0.897 bits per heavy atom. The zero-order chi connectivity index (χ0) is 27.5. The van der Waals surface area contributed by atoms with Crippen molar-refractivity contribution in [3.8, 4) is 0 Å². The second-order valence-corrected chi connectivity index (χ2v) is 11.3. The normalized spacial score (nSPS) is 25.1. The summed E-state index contributed by atoms with van der Waals surface area (Å²) in [6, 6.07) is 0.415. The van der Waals surface area contributed by atoms with Crippen LogP contribution in [0.1, 0.15) is 57.8 Å². The number of alkyl carbamates (subject to hydrolysis) is 1. The summed E-state index contributed by atoms with van der Waals surface area (Å²) in [7, 11) is 0. The third kappa shape index (κ3) is 13.3. The van der Waals surface area contributed by atoms with Gasteiger partial charge in [-0.2, -0.15) is 11.8 Å². The minimum atomic E-state index is -0.381. The van der Waals surface area contributed by atoms with Crippen LogP contribution in [-0.4, -0.2) is 100.0 Å². The van der Waals surface area contributed by atoms with Crippen LogP contribution in [0.4, 0.5) is 9.59 Å². The summed E-state index contributed by atoms with van der Waals surface area (Å²) in [6.07, 6.45) is 12.1. The fourth-order valence-corrected chi connectivity index (χ4v) is 6.37. The number of unbranched alkanes of at least 4 members (excludes halogenated alkanes) is 1. The number of fused-ring (bicyclic) bond motifs is 1. The van der Waals surface area contributed by atoms with Crippen molar-refractivity contribution in [3.63, 3.8) is 0 Å². The molecular formula is C27H46N4O7S. The van der Waals surface area contributed by atoms with Crippen LogP contribution in [0.15, 0.2) is 12.2 Å². The predicted octanol–water partition coefficient (Wildman–Crippen LogP) is 2.49. The number of hydrogen-bond acceptors (Lipinski definition) is 8. The van der Waals surface area contributed by atoms with E-state index in [2.05, 4.69) is 33.4 Å². The summed E-state index contributed by atoms with van der Waals surface area (Å²) in [5.41, 5.74) is 0. The summed E-state index contributed by atoms with van der Waals surface area (Å²) in [4.78, 5) is 35.3. The van der Waals surface area contributed by atoms with Crippen LogP contribution in [0.3, 0.4) is 0 Å². The van der Waals surface area contributed by atoms with E-state index in [9.17, 15) is 14.4 Å². The highest BCUT2D eigenvalue weighted by Gasteiger charge is 2.42. The number of allylic oxidation sites excluding steroid dienone is 2. The van der Waals surface area contributed by atoms with Gasteiger partial charge in [0.1, 0.15) is 6.10 Å². The SMILES string of the molecule is O=C(CCCC[C@@H]1SC[C@@H]2NC(=O)N[C@@H]21)NCCOCCOCCOCCNC(=O)O[C@@H]1CC/C=C/CCC1. The van der Waals surface area contributed by atoms with Crippen LogP contribution >= 0.6 is 11.8 Å². The fourth-order valence-electron chi connectivity index (χ4n) is 4.83. The number of urea groups is 1. The van der Waals surface area contributed by atoms with Crippen LogP contribution in [0.5, 0.6) is 0 Å². The fraction of sp³-hybridized carbons (Fsp3) is 0.815. The van der Waals surface area contributed by atoms with Crippen molar-refractivity contribution in [2.75, 3.05) is 58.5 Å². The molecule has 2 heterocycles. The summed E-state index contributed by atoms with van der Waals surface area (Å²) < 4.78 is 21.9. The number of rotatable bonds is 18. The molecule has 4 N–H and O–H groups in total. The summed E-state index contributed by atoms with van der Waals surface area (Å²) >= 11 is 1.90. The molecule has 0 aromatic heterocycles. The van der Waals surface area contributed by atoms with Gasteiger partial charge in [0.25, 0.3) is 0 Å². The van der Waals surface area contributed by atoms with Crippen molar-refractivity contribution in [1.82, 2.24) is 21.3 Å². The third-order valence-electron chi connectivity index (χ3n) is 6.90. The molecule has 222 valence electrons. The molecule has 2 aliphatic heterocycles. The van der Waals surface area contributed by atoms with Crippen LogP contribution in [0.2, 0.25) is 0 Å². The van der Waals surface area contributed by atoms with E-state index in [1.165, 1.54) is 0 Å². The standard InChI is InChI=1S/C27H46N4O7S/c32-24(11-7-6-10-23-25-22(20-39-23)30-26(33)31-25)28-12-14-35-16-18-37-19-17-36-15-13-29-27(34)38-21-8-4-2-1-3-5-9-21/h1-2,21-23,25H,3-20H2,(H,28,32)(H,29,34)(H2,30,31,33)/b2-1+/t21-,22+,23+,25+/m1/s1. The molecule has 3 rings (SSSR count). The molecule has 0 unspecified atom stereocenters. The van der Waals surface area contributed by atoms with Gasteiger partial charge in [0, 0.05) is 30.5 Å². The number of carbonyl (C=O) groups is 3. The van der Waals surface area contributed by atoms with E-state index >= 15 is 0 Å². The molecule has 4 atom stereocenters. The number of thioether (sulfide) groups is 1. The summed E-state index contributed by atoms with van der Waals surface area (Å²) in [6.45, 7) is 3.52. The Kier molecular flexibility index (Phi) is 15.4. The number of amides is 4. The lowest BCUT2D eigenvalue weighted by atomic mass is 10.0. The zero-order valence-electron chi connectivity index (χ0n) is 23.0. The lowest BCUT2D eigenvalue weighted by molar-refractivity contribution is -0.121. The number of ether oxygens (including phenoxy) is 4.